The molecule has 3 spiro atoms. The van der Waals surface area contributed by atoms with Crippen LogP contribution in [0.25, 0.3) is 0 Å². The third-order valence-electron chi connectivity index (χ3n) is 22.0. The van der Waals surface area contributed by atoms with E-state index in [1.807, 2.05) is 0 Å². The summed E-state index contributed by atoms with van der Waals surface area (Å²) < 4.78 is 102. The highest BCUT2D eigenvalue weighted by Crippen LogP contribution is 2.57. The number of rotatable bonds is 5. The van der Waals surface area contributed by atoms with Crippen LogP contribution in [0.3, 0.4) is 0 Å². The molecule has 10 bridgehead atoms. The van der Waals surface area contributed by atoms with Crippen LogP contribution < -0.4 is 0 Å². The van der Waals surface area contributed by atoms with Gasteiger partial charge in [-0.2, -0.15) is 0 Å². The van der Waals surface area contributed by atoms with Gasteiger partial charge in [-0.25, -0.2) is 0 Å². The lowest BCUT2D eigenvalue weighted by Crippen LogP contribution is -2.64. The van der Waals surface area contributed by atoms with E-state index in [2.05, 4.69) is 40.9 Å². The van der Waals surface area contributed by atoms with Crippen LogP contribution in [0.4, 0.5) is 0 Å². The lowest BCUT2D eigenvalue weighted by atomic mass is 9.79. The van der Waals surface area contributed by atoms with E-state index < -0.39 is 96.3 Å². The van der Waals surface area contributed by atoms with Crippen molar-refractivity contribution in [3.63, 3.8) is 0 Å². The molecular formula is C61H90O20. The number of fused-ring (bicyclic) bond motifs is 13. The first-order chi connectivity index (χ1) is 38.8. The maximum Gasteiger partial charge on any atom is 0.308 e. The second kappa shape index (κ2) is 21.5. The lowest BCUT2D eigenvalue weighted by molar-refractivity contribution is -0.347. The molecule has 14 aliphatic rings. The van der Waals surface area contributed by atoms with Crippen molar-refractivity contribution in [1.82, 2.24) is 0 Å². The summed E-state index contributed by atoms with van der Waals surface area (Å²) in [5.74, 6) is -5.55. The van der Waals surface area contributed by atoms with Crippen LogP contribution in [-0.2, 0) is 75.8 Å². The zero-order valence-electron chi connectivity index (χ0n) is 48.0. The Hall–Kier alpha value is -1.77. The van der Waals surface area contributed by atoms with Crippen molar-refractivity contribution in [3.8, 4) is 0 Å². The largest absolute Gasteiger partial charge is 0.459 e. The Morgan fingerprint density at radius 1 is 0.605 bits per heavy atom. The minimum absolute atomic E-state index is 0.00513. The van der Waals surface area contributed by atoms with Crippen LogP contribution in [-0.4, -0.2) is 204 Å². The average molecular weight is 1140 g/mol. The normalized spacial score (nSPS) is 56.2. The summed E-state index contributed by atoms with van der Waals surface area (Å²) in [5.41, 5.74) is 2.01. The van der Waals surface area contributed by atoms with Gasteiger partial charge >= 0.3 is 5.97 Å². The van der Waals surface area contributed by atoms with E-state index in [1.165, 1.54) is 7.11 Å². The van der Waals surface area contributed by atoms with Gasteiger partial charge in [0, 0.05) is 70.8 Å². The van der Waals surface area contributed by atoms with Gasteiger partial charge in [0.1, 0.15) is 18.3 Å². The molecule has 14 aliphatic heterocycles. The molecule has 0 radical (unpaired) electrons. The Labute approximate surface area is 475 Å². The molecule has 0 saturated carbocycles. The van der Waals surface area contributed by atoms with E-state index >= 15 is 0 Å². The topological polar surface area (TPSA) is 236 Å². The first kappa shape index (κ1) is 57.0. The van der Waals surface area contributed by atoms with Gasteiger partial charge in [-0.15, -0.1) is 0 Å². The molecule has 14 fully saturated rings. The predicted octanol–water partition coefficient (Wildman–Crippen LogP) is 4.88. The number of carbonyl (C=O) groups excluding carboxylic acids is 1. The van der Waals surface area contributed by atoms with Crippen molar-refractivity contribution in [1.29, 1.82) is 0 Å². The fraction of sp³-hybridized carbons (Fsp3) is 0.918. The number of carbonyl (C=O) groups is 1. The van der Waals surface area contributed by atoms with Crippen LogP contribution in [0.2, 0.25) is 0 Å². The van der Waals surface area contributed by atoms with Crippen molar-refractivity contribution in [2.45, 2.75) is 313 Å². The van der Waals surface area contributed by atoms with Crippen molar-refractivity contribution < 1.29 is 96.3 Å². The highest BCUT2D eigenvalue weighted by Gasteiger charge is 2.72. The summed E-state index contributed by atoms with van der Waals surface area (Å²) >= 11 is 0. The zero-order chi connectivity index (χ0) is 56.1. The van der Waals surface area contributed by atoms with Crippen molar-refractivity contribution in [3.05, 3.63) is 24.3 Å². The molecule has 0 aromatic heterocycles. The first-order valence-corrected chi connectivity index (χ1v) is 31.3. The maximum atomic E-state index is 14.6. The SMILES string of the molecule is C=C1CC2CC[C@]34OC([C@H]5C[C@@H](O3)[C@H]3OC(CCC3O5)CC(=O)O[C@H]3C(CC5O[C@@H](CCC1O2)C[C@@H](C)C5=C)O[C@H]1C[C@H]2O[C@]5(CC6OC7(C[C@H](C)C8O[C@H](CC[C@@H](O)CO)CC8O7)C[C@H](C)C6O5)C[C@H]2O[C@H]1[C@@H]3C)C(O)(OC)C4O. The standard InChI is InChI=1S/C61H90O20/c1-28-16-35-10-12-39-29(2)17-38(68-39)14-15-60-57(65)61(66,67-7)56(81-60)47-22-46(79-60)55-40(72-47)13-11-37(71-55)19-50(64)75-54-33(6)53-44(73-43(54)20-41(69-35)32(28)5)21-42-48(74-53)25-59(76-42)26-49-52(80-59)31(4)24-58(78-49)23-30(3)51-45(77-58)18-36(70-51)9-8-34(63)27-62/h28,30-31,33-49,51-57,62-63,65-66H,2,5,8-27H2,1,3-4,6-7H3/t28-,30+,31+,33+,34-,35+,36-,37?,38?,39?,40?,41?,42-,43?,44+,45?,46-,47-,48-,49?,51?,52?,53+,54-,55+,56?,57?,58?,59-,60-,61?/m1/s1. The summed E-state index contributed by atoms with van der Waals surface area (Å²) in [6.07, 6.45) is 0.327. The zero-order valence-corrected chi connectivity index (χ0v) is 48.0. The lowest BCUT2D eigenvalue weighted by Gasteiger charge is -2.51. The van der Waals surface area contributed by atoms with Gasteiger partial charge in [0.2, 0.25) is 11.6 Å². The Balaban J connectivity index is 0.688. The van der Waals surface area contributed by atoms with E-state index in [-0.39, 0.29) is 116 Å². The molecule has 20 heteroatoms. The number of ether oxygens (including phenoxy) is 15. The Bertz CT molecular complexity index is 2360. The van der Waals surface area contributed by atoms with Gasteiger partial charge in [0.15, 0.2) is 17.7 Å². The Kier molecular flexibility index (Phi) is 15.1. The van der Waals surface area contributed by atoms with Gasteiger partial charge in [-0.1, -0.05) is 40.9 Å². The minimum Gasteiger partial charge on any atom is -0.459 e. The molecule has 0 aliphatic carbocycles. The molecule has 0 aromatic carbocycles. The number of hydrogen-bond acceptors (Lipinski definition) is 20. The van der Waals surface area contributed by atoms with Gasteiger partial charge in [0.25, 0.3) is 0 Å². The van der Waals surface area contributed by atoms with Crippen LogP contribution >= 0.6 is 0 Å². The molecule has 0 amide bonds. The van der Waals surface area contributed by atoms with E-state index in [4.69, 9.17) is 71.1 Å². The molecule has 14 unspecified atom stereocenters. The predicted molar refractivity (Wildman–Crippen MR) is 282 cm³/mol. The highest BCUT2D eigenvalue weighted by molar-refractivity contribution is 5.70. The summed E-state index contributed by atoms with van der Waals surface area (Å²) in [6.45, 7) is 17.5. The summed E-state index contributed by atoms with van der Waals surface area (Å²) in [5, 5.41) is 43.3. The number of aliphatic hydroxyl groups is 4. The third-order valence-corrected chi connectivity index (χ3v) is 22.0. The molecular weight excluding hydrogens is 1050 g/mol. The average Bonchev–Trinajstić information content (AvgIpc) is 2.91. The molecule has 31 atom stereocenters. The Morgan fingerprint density at radius 2 is 1.30 bits per heavy atom. The fourth-order valence-electron chi connectivity index (χ4n) is 18.0. The maximum absolute atomic E-state index is 14.6. The molecule has 4 N–H and O–H groups in total. The Morgan fingerprint density at radius 3 is 2.11 bits per heavy atom. The summed E-state index contributed by atoms with van der Waals surface area (Å²) in [7, 11) is 1.36. The molecule has 14 heterocycles. The smallest absolute Gasteiger partial charge is 0.308 e. The molecule has 20 nitrogen and oxygen atoms in total. The van der Waals surface area contributed by atoms with E-state index in [9.17, 15) is 25.2 Å². The van der Waals surface area contributed by atoms with E-state index in [0.29, 0.717) is 89.9 Å². The van der Waals surface area contributed by atoms with Crippen molar-refractivity contribution in [2.24, 2.45) is 23.7 Å². The van der Waals surface area contributed by atoms with Crippen LogP contribution in [0.15, 0.2) is 24.3 Å². The van der Waals surface area contributed by atoms with Gasteiger partial charge in [0.05, 0.1) is 129 Å². The number of hydrogen-bond donors (Lipinski definition) is 4. The molecule has 81 heavy (non-hydrogen) atoms. The number of esters is 1. The van der Waals surface area contributed by atoms with Crippen molar-refractivity contribution >= 4 is 5.97 Å². The second-order valence-electron chi connectivity index (χ2n) is 27.7. The number of aliphatic hydroxyl groups excluding tert-OH is 3. The van der Waals surface area contributed by atoms with Crippen LogP contribution in [0, 0.1) is 23.7 Å². The third kappa shape index (κ3) is 10.1. The summed E-state index contributed by atoms with van der Waals surface area (Å²) in [4.78, 5) is 14.6. The summed E-state index contributed by atoms with van der Waals surface area (Å²) in [6, 6.07) is 0. The van der Waals surface area contributed by atoms with E-state index in [0.717, 1.165) is 30.4 Å². The molecule has 14 rings (SSSR count). The number of methoxy groups -OCH3 is 1. The fourth-order valence-corrected chi connectivity index (χ4v) is 18.0. The molecule has 454 valence electrons. The van der Waals surface area contributed by atoms with Crippen LogP contribution in [0.1, 0.15) is 150 Å². The van der Waals surface area contributed by atoms with Gasteiger partial charge < -0.3 is 91.5 Å². The van der Waals surface area contributed by atoms with Gasteiger partial charge in [-0.05, 0) is 86.7 Å². The molecule has 0 aromatic rings. The second-order valence-corrected chi connectivity index (χ2v) is 27.7. The van der Waals surface area contributed by atoms with Crippen LogP contribution in [0.5, 0.6) is 0 Å². The highest BCUT2D eigenvalue weighted by atomic mass is 16.8. The first-order valence-electron chi connectivity index (χ1n) is 31.3. The molecule has 14 saturated heterocycles. The van der Waals surface area contributed by atoms with E-state index in [1.54, 1.807) is 0 Å². The quantitative estimate of drug-likeness (QED) is 0.163. The monoisotopic (exact) mass is 1140 g/mol. The minimum atomic E-state index is -2.07. The van der Waals surface area contributed by atoms with Crippen molar-refractivity contribution in [2.75, 3.05) is 13.7 Å². The van der Waals surface area contributed by atoms with Gasteiger partial charge in [-0.3, -0.25) is 4.79 Å².